The summed E-state index contributed by atoms with van der Waals surface area (Å²) in [6.07, 6.45) is 3.81. The number of alkyl halides is 2. The number of aromatic nitrogens is 1. The van der Waals surface area contributed by atoms with Crippen LogP contribution >= 0.6 is 31.9 Å². The third kappa shape index (κ3) is 5.34. The van der Waals surface area contributed by atoms with Gasteiger partial charge in [0, 0.05) is 28.6 Å². The Morgan fingerprint density at radius 1 is 1.28 bits per heavy atom. The summed E-state index contributed by atoms with van der Waals surface area (Å²) in [7, 11) is -3.29. The third-order valence-corrected chi connectivity index (χ3v) is 6.42. The van der Waals surface area contributed by atoms with E-state index >= 15 is 0 Å². The summed E-state index contributed by atoms with van der Waals surface area (Å²) in [4.78, 5) is 3.90. The molecule has 7 heteroatoms. The molecule has 0 spiro atoms. The SMILES string of the molecule is CC(CBr)(CBr)NS(=O)(=O)CCc1ccncc1. The molecule has 0 saturated heterocycles. The van der Waals surface area contributed by atoms with Gasteiger partial charge in [-0.1, -0.05) is 31.9 Å². The lowest BCUT2D eigenvalue weighted by atomic mass is 10.1. The molecule has 0 aliphatic carbocycles. The molecule has 0 saturated carbocycles. The van der Waals surface area contributed by atoms with Crippen LogP contribution in [0.25, 0.3) is 0 Å². The molecule has 0 radical (unpaired) electrons. The second-order valence-corrected chi connectivity index (χ2v) is 7.32. The van der Waals surface area contributed by atoms with Gasteiger partial charge in [-0.25, -0.2) is 13.1 Å². The number of pyridine rings is 1. The molecular formula is C11H16Br2N2O2S. The van der Waals surface area contributed by atoms with Crippen LogP contribution in [-0.2, 0) is 16.4 Å². The maximum atomic E-state index is 12.0. The lowest BCUT2D eigenvalue weighted by molar-refractivity contribution is 0.508. The van der Waals surface area contributed by atoms with Crippen LogP contribution in [0.4, 0.5) is 0 Å². The predicted molar refractivity (Wildman–Crippen MR) is 80.9 cm³/mol. The number of nitrogens with one attached hydrogen (secondary N) is 1. The maximum Gasteiger partial charge on any atom is 0.212 e. The van der Waals surface area contributed by atoms with Gasteiger partial charge in [-0.15, -0.1) is 0 Å². The first-order chi connectivity index (χ1) is 8.41. The molecule has 0 fully saturated rings. The largest absolute Gasteiger partial charge is 0.265 e. The minimum Gasteiger partial charge on any atom is -0.265 e. The first kappa shape index (κ1) is 16.1. The normalized spacial score (nSPS) is 12.6. The zero-order chi connectivity index (χ0) is 13.6. The molecule has 1 aromatic heterocycles. The van der Waals surface area contributed by atoms with E-state index in [1.165, 1.54) is 0 Å². The van der Waals surface area contributed by atoms with Gasteiger partial charge in [0.1, 0.15) is 0 Å². The van der Waals surface area contributed by atoms with Crippen LogP contribution in [0.15, 0.2) is 24.5 Å². The van der Waals surface area contributed by atoms with Crippen molar-refractivity contribution >= 4 is 41.9 Å². The van der Waals surface area contributed by atoms with Crippen molar-refractivity contribution in [3.05, 3.63) is 30.1 Å². The van der Waals surface area contributed by atoms with Gasteiger partial charge in [0.2, 0.25) is 10.0 Å². The highest BCUT2D eigenvalue weighted by Gasteiger charge is 2.27. The zero-order valence-corrected chi connectivity index (χ0v) is 14.1. The van der Waals surface area contributed by atoms with E-state index in [0.29, 0.717) is 17.1 Å². The molecule has 4 nitrogen and oxygen atoms in total. The van der Waals surface area contributed by atoms with Crippen LogP contribution in [0, 0.1) is 0 Å². The quantitative estimate of drug-likeness (QED) is 0.714. The summed E-state index contributed by atoms with van der Waals surface area (Å²) in [5.41, 5.74) is 0.464. The third-order valence-electron chi connectivity index (χ3n) is 2.40. The minimum absolute atomic E-state index is 0.0760. The molecule has 1 rings (SSSR count). The molecule has 0 aromatic carbocycles. The lowest BCUT2D eigenvalue weighted by Crippen LogP contribution is -2.49. The van der Waals surface area contributed by atoms with Gasteiger partial charge in [-0.05, 0) is 31.0 Å². The first-order valence-electron chi connectivity index (χ1n) is 5.43. The first-order valence-corrected chi connectivity index (χ1v) is 9.33. The van der Waals surface area contributed by atoms with E-state index in [4.69, 9.17) is 0 Å². The van der Waals surface area contributed by atoms with Crippen molar-refractivity contribution in [1.29, 1.82) is 0 Å². The molecule has 0 bridgehead atoms. The average molecular weight is 400 g/mol. The fourth-order valence-corrected chi connectivity index (χ4v) is 4.40. The topological polar surface area (TPSA) is 59.1 Å². The Kier molecular flexibility index (Phi) is 6.23. The van der Waals surface area contributed by atoms with E-state index < -0.39 is 15.6 Å². The number of hydrogen-bond acceptors (Lipinski definition) is 3. The molecule has 1 heterocycles. The molecule has 102 valence electrons. The predicted octanol–water partition coefficient (Wildman–Crippen LogP) is 2.09. The van der Waals surface area contributed by atoms with E-state index in [0.717, 1.165) is 5.56 Å². The monoisotopic (exact) mass is 398 g/mol. The van der Waals surface area contributed by atoms with Crippen LogP contribution in [0.5, 0.6) is 0 Å². The van der Waals surface area contributed by atoms with Crippen LogP contribution in [-0.4, -0.2) is 35.4 Å². The average Bonchev–Trinajstić information content (AvgIpc) is 2.37. The summed E-state index contributed by atoms with van der Waals surface area (Å²) in [6, 6.07) is 3.65. The fraction of sp³-hybridized carbons (Fsp3) is 0.545. The van der Waals surface area contributed by atoms with E-state index in [9.17, 15) is 8.42 Å². The highest BCUT2D eigenvalue weighted by Crippen LogP contribution is 2.13. The number of sulfonamides is 1. The maximum absolute atomic E-state index is 12.0. The van der Waals surface area contributed by atoms with Crippen molar-refractivity contribution in [3.63, 3.8) is 0 Å². The summed E-state index contributed by atoms with van der Waals surface area (Å²) in [5, 5.41) is 1.11. The number of aryl methyl sites for hydroxylation is 1. The number of nitrogens with zero attached hydrogens (tertiary/aromatic N) is 1. The van der Waals surface area contributed by atoms with E-state index in [2.05, 4.69) is 41.6 Å². The Morgan fingerprint density at radius 3 is 2.33 bits per heavy atom. The van der Waals surface area contributed by atoms with E-state index in [1.54, 1.807) is 12.4 Å². The molecule has 0 aliphatic heterocycles. The van der Waals surface area contributed by atoms with Crippen LogP contribution in [0.3, 0.4) is 0 Å². The van der Waals surface area contributed by atoms with Crippen LogP contribution in [0.1, 0.15) is 12.5 Å². The van der Waals surface area contributed by atoms with Gasteiger partial charge < -0.3 is 0 Å². The molecule has 18 heavy (non-hydrogen) atoms. The van der Waals surface area contributed by atoms with E-state index in [-0.39, 0.29) is 5.75 Å². The Balaban J connectivity index is 2.61. The van der Waals surface area contributed by atoms with Crippen molar-refractivity contribution < 1.29 is 8.42 Å². The zero-order valence-electron chi connectivity index (χ0n) is 10.1. The molecule has 1 N–H and O–H groups in total. The van der Waals surface area contributed by atoms with Crippen molar-refractivity contribution in [2.24, 2.45) is 0 Å². The molecule has 1 aromatic rings. The van der Waals surface area contributed by atoms with Gasteiger partial charge in [0.15, 0.2) is 0 Å². The Bertz CT molecular complexity index is 461. The summed E-state index contributed by atoms with van der Waals surface area (Å²) in [6.45, 7) is 1.85. The smallest absolute Gasteiger partial charge is 0.212 e. The number of rotatable bonds is 7. The van der Waals surface area contributed by atoms with Crippen molar-refractivity contribution in [3.8, 4) is 0 Å². The van der Waals surface area contributed by atoms with Gasteiger partial charge in [-0.3, -0.25) is 4.98 Å². The molecule has 0 amide bonds. The van der Waals surface area contributed by atoms with Crippen molar-refractivity contribution in [2.45, 2.75) is 18.9 Å². The van der Waals surface area contributed by atoms with Gasteiger partial charge in [-0.2, -0.15) is 0 Å². The molecule has 0 aliphatic rings. The lowest BCUT2D eigenvalue weighted by Gasteiger charge is -2.25. The highest BCUT2D eigenvalue weighted by atomic mass is 79.9. The Labute approximate surface area is 125 Å². The summed E-state index contributed by atoms with van der Waals surface area (Å²) in [5.74, 6) is 0.0760. The Morgan fingerprint density at radius 2 is 1.83 bits per heavy atom. The van der Waals surface area contributed by atoms with Crippen LogP contribution < -0.4 is 4.72 Å². The highest BCUT2D eigenvalue weighted by molar-refractivity contribution is 9.09. The van der Waals surface area contributed by atoms with Crippen molar-refractivity contribution in [2.75, 3.05) is 16.4 Å². The second-order valence-electron chi connectivity index (χ2n) is 4.35. The fourth-order valence-electron chi connectivity index (χ4n) is 1.32. The standard InChI is InChI=1S/C11H16Br2N2O2S/c1-11(8-12,9-13)15-18(16,17)7-4-10-2-5-14-6-3-10/h2-3,5-6,15H,4,7-9H2,1H3. The van der Waals surface area contributed by atoms with Gasteiger partial charge in [0.25, 0.3) is 0 Å². The van der Waals surface area contributed by atoms with Gasteiger partial charge in [0.05, 0.1) is 5.75 Å². The molecule has 0 unspecified atom stereocenters. The minimum atomic E-state index is -3.29. The number of halogens is 2. The molecular weight excluding hydrogens is 384 g/mol. The summed E-state index contributed by atoms with van der Waals surface area (Å²) < 4.78 is 26.6. The van der Waals surface area contributed by atoms with Crippen LogP contribution in [0.2, 0.25) is 0 Å². The van der Waals surface area contributed by atoms with Gasteiger partial charge >= 0.3 is 0 Å². The van der Waals surface area contributed by atoms with Crippen molar-refractivity contribution in [1.82, 2.24) is 9.71 Å². The Hall–Kier alpha value is 0.0200. The molecule has 0 atom stereocenters. The summed E-state index contributed by atoms with van der Waals surface area (Å²) >= 11 is 6.63. The number of hydrogen-bond donors (Lipinski definition) is 1. The van der Waals surface area contributed by atoms with E-state index in [1.807, 2.05) is 19.1 Å². The second kappa shape index (κ2) is 6.98.